The highest BCUT2D eigenvalue weighted by atomic mass is 16.7. The van der Waals surface area contributed by atoms with Crippen molar-refractivity contribution < 1.29 is 48.2 Å². The summed E-state index contributed by atoms with van der Waals surface area (Å²) in [4.78, 5) is 52.3. The van der Waals surface area contributed by atoms with Crippen molar-refractivity contribution >= 4 is 31.2 Å². The molecule has 2 fully saturated rings. The monoisotopic (exact) mass is 599 g/mol. The van der Waals surface area contributed by atoms with Gasteiger partial charge in [-0.3, -0.25) is 9.69 Å². The van der Waals surface area contributed by atoms with Gasteiger partial charge in [0.2, 0.25) is 5.91 Å². The highest BCUT2D eigenvalue weighted by Crippen LogP contribution is 2.39. The minimum absolute atomic E-state index is 0.0889. The molecule has 2 heterocycles. The number of hydrogen-bond acceptors (Lipinski definition) is 9. The molecular formula is C28H50BN3O10. The van der Waals surface area contributed by atoms with E-state index >= 15 is 0 Å². The van der Waals surface area contributed by atoms with E-state index in [0.29, 0.717) is 19.2 Å². The third-order valence-corrected chi connectivity index (χ3v) is 7.63. The Morgan fingerprint density at radius 1 is 0.976 bits per heavy atom. The van der Waals surface area contributed by atoms with E-state index in [9.17, 15) is 29.4 Å². The van der Waals surface area contributed by atoms with Gasteiger partial charge in [0, 0.05) is 19.0 Å². The quantitative estimate of drug-likeness (QED) is 0.216. The number of alkyl carbamates (subject to hydrolysis) is 1. The highest BCUT2D eigenvalue weighted by Gasteiger charge is 2.55. The fraction of sp³-hybridized carbons (Fsp3) is 0.857. The van der Waals surface area contributed by atoms with Crippen LogP contribution in [-0.4, -0.2) is 99.5 Å². The molecule has 0 aromatic carbocycles. The fourth-order valence-corrected chi connectivity index (χ4v) is 4.94. The summed E-state index contributed by atoms with van der Waals surface area (Å²) in [5.74, 6) is -1.95. The van der Waals surface area contributed by atoms with Crippen molar-refractivity contribution in [3.8, 4) is 0 Å². The Kier molecular flexibility index (Phi) is 11.0. The molecule has 240 valence electrons. The van der Waals surface area contributed by atoms with Crippen molar-refractivity contribution in [2.75, 3.05) is 13.2 Å². The Hall–Kier alpha value is -2.58. The number of unbranched alkanes of at least 4 members (excludes halogenated alkanes) is 1. The van der Waals surface area contributed by atoms with E-state index in [4.69, 9.17) is 18.8 Å². The van der Waals surface area contributed by atoms with Crippen LogP contribution in [0.3, 0.4) is 0 Å². The fourth-order valence-electron chi connectivity index (χ4n) is 4.94. The number of hydrogen-bond donors (Lipinski definition) is 4. The molecule has 2 saturated heterocycles. The Morgan fingerprint density at radius 3 is 2.00 bits per heavy atom. The van der Waals surface area contributed by atoms with E-state index in [0.717, 1.165) is 4.90 Å². The summed E-state index contributed by atoms with van der Waals surface area (Å²) in [5.41, 5.74) is -4.30. The number of carboxylic acid groups (broad SMARTS) is 1. The van der Waals surface area contributed by atoms with Crippen molar-refractivity contribution in [3.05, 3.63) is 0 Å². The van der Waals surface area contributed by atoms with Gasteiger partial charge in [0.1, 0.15) is 22.8 Å². The number of aliphatic hydroxyl groups excluding tert-OH is 1. The van der Waals surface area contributed by atoms with Gasteiger partial charge in [-0.1, -0.05) is 12.8 Å². The zero-order chi connectivity index (χ0) is 32.3. The van der Waals surface area contributed by atoms with Gasteiger partial charge in [0.25, 0.3) is 0 Å². The van der Waals surface area contributed by atoms with Crippen molar-refractivity contribution in [3.63, 3.8) is 0 Å². The van der Waals surface area contributed by atoms with Crippen LogP contribution in [0.5, 0.6) is 0 Å². The van der Waals surface area contributed by atoms with Crippen LogP contribution in [0.1, 0.15) is 94.9 Å². The molecule has 3 amide bonds. The summed E-state index contributed by atoms with van der Waals surface area (Å²) in [6, 6.07) is -2.12. The van der Waals surface area contributed by atoms with E-state index in [1.807, 2.05) is 27.7 Å². The highest BCUT2D eigenvalue weighted by molar-refractivity contribution is 6.45. The lowest BCUT2D eigenvalue weighted by Crippen LogP contribution is -2.54. The van der Waals surface area contributed by atoms with Gasteiger partial charge in [0.05, 0.1) is 17.8 Å². The van der Waals surface area contributed by atoms with Gasteiger partial charge in [-0.2, -0.15) is 0 Å². The molecule has 2 rings (SSSR count). The number of ether oxygens (including phenoxy) is 2. The first-order valence-electron chi connectivity index (χ1n) is 14.5. The van der Waals surface area contributed by atoms with Crippen LogP contribution in [-0.2, 0) is 28.4 Å². The summed E-state index contributed by atoms with van der Waals surface area (Å²) < 4.78 is 22.8. The van der Waals surface area contributed by atoms with Gasteiger partial charge >= 0.3 is 25.3 Å². The van der Waals surface area contributed by atoms with Gasteiger partial charge < -0.3 is 39.6 Å². The van der Waals surface area contributed by atoms with Crippen LogP contribution in [0.15, 0.2) is 0 Å². The van der Waals surface area contributed by atoms with E-state index in [1.54, 1.807) is 41.5 Å². The molecule has 0 aliphatic carbocycles. The van der Waals surface area contributed by atoms with E-state index in [2.05, 4.69) is 10.6 Å². The average Bonchev–Trinajstić information content (AvgIpc) is 3.26. The predicted octanol–water partition coefficient (Wildman–Crippen LogP) is 3.08. The Bertz CT molecular complexity index is 991. The third kappa shape index (κ3) is 9.21. The van der Waals surface area contributed by atoms with Crippen molar-refractivity contribution in [1.29, 1.82) is 0 Å². The molecule has 14 heteroatoms. The largest absolute Gasteiger partial charge is 0.479 e. The van der Waals surface area contributed by atoms with Gasteiger partial charge in [-0.15, -0.1) is 0 Å². The lowest BCUT2D eigenvalue weighted by molar-refractivity contribution is -0.150. The molecule has 0 saturated carbocycles. The molecule has 0 bridgehead atoms. The second-order valence-electron chi connectivity index (χ2n) is 14.2. The number of likely N-dealkylation sites (tertiary alicyclic amines) is 1. The van der Waals surface area contributed by atoms with Crippen LogP contribution >= 0.6 is 0 Å². The molecule has 2 aliphatic heterocycles. The smallest absolute Gasteiger partial charge is 0.457 e. The Morgan fingerprint density at radius 2 is 1.52 bits per heavy atom. The summed E-state index contributed by atoms with van der Waals surface area (Å²) in [6.07, 6.45) is -0.114. The second kappa shape index (κ2) is 13.0. The molecule has 4 N–H and O–H groups in total. The molecule has 0 aromatic rings. The average molecular weight is 600 g/mol. The second-order valence-corrected chi connectivity index (χ2v) is 14.2. The van der Waals surface area contributed by atoms with Gasteiger partial charge in [-0.05, 0) is 82.0 Å². The minimum Gasteiger partial charge on any atom is -0.479 e. The topological polar surface area (TPSA) is 173 Å². The van der Waals surface area contributed by atoms with Crippen LogP contribution in [0.2, 0.25) is 6.32 Å². The van der Waals surface area contributed by atoms with E-state index in [1.165, 1.54) is 0 Å². The van der Waals surface area contributed by atoms with Gasteiger partial charge in [0.15, 0.2) is 0 Å². The van der Waals surface area contributed by atoms with E-state index in [-0.39, 0.29) is 19.4 Å². The zero-order valence-electron chi connectivity index (χ0n) is 26.8. The number of nitrogens with one attached hydrogen (secondary N) is 2. The molecule has 2 aliphatic rings. The number of nitrogens with zero attached hydrogens (tertiary/aromatic N) is 1. The lowest BCUT2D eigenvalue weighted by Gasteiger charge is -2.35. The zero-order valence-corrected chi connectivity index (χ0v) is 26.8. The standard InChI is InChI=1S/C28H50BN3O10/c1-24(2,3)39-22(37)31-19(17-33)20(34)30-18-15-28(21(35)36,32(16-18)23(38)40-25(4,5)6)13-11-12-14-29-41-26(7,8)27(9,10)42-29/h18-19,33H,11-17H2,1-10H3,(H,30,34)(H,31,37)(H,35,36)/t18?,19-,28?/m0/s1. The van der Waals surface area contributed by atoms with Crippen LogP contribution in [0, 0.1) is 0 Å². The Balaban J connectivity index is 2.16. The molecule has 13 nitrogen and oxygen atoms in total. The molecular weight excluding hydrogens is 549 g/mol. The normalized spacial score (nSPS) is 24.2. The van der Waals surface area contributed by atoms with Crippen molar-refractivity contribution in [1.82, 2.24) is 15.5 Å². The SMILES string of the molecule is CC(C)(C)OC(=O)N[C@@H](CO)C(=O)NC1CN(C(=O)OC(C)(C)C)C(CCCCB2OC(C)(C)C(C)(C)O2)(C(=O)O)C1. The molecule has 3 atom stereocenters. The number of aliphatic hydroxyl groups is 1. The van der Waals surface area contributed by atoms with Crippen LogP contribution in [0.25, 0.3) is 0 Å². The number of amides is 3. The number of carbonyl (C=O) groups is 4. The number of carboxylic acids is 1. The lowest BCUT2D eigenvalue weighted by atomic mass is 9.80. The molecule has 0 aromatic heterocycles. The minimum atomic E-state index is -1.65. The molecule has 0 spiro atoms. The predicted molar refractivity (Wildman–Crippen MR) is 155 cm³/mol. The molecule has 0 radical (unpaired) electrons. The number of carbonyl (C=O) groups excluding carboxylic acids is 3. The summed E-state index contributed by atoms with van der Waals surface area (Å²) in [6.45, 7) is 17.0. The maximum Gasteiger partial charge on any atom is 0.457 e. The Labute approximate surface area is 249 Å². The van der Waals surface area contributed by atoms with Crippen molar-refractivity contribution in [2.45, 2.75) is 141 Å². The third-order valence-electron chi connectivity index (χ3n) is 7.63. The first kappa shape index (κ1) is 35.6. The van der Waals surface area contributed by atoms with Gasteiger partial charge in [-0.25, -0.2) is 14.4 Å². The summed E-state index contributed by atoms with van der Waals surface area (Å²) >= 11 is 0. The molecule has 42 heavy (non-hydrogen) atoms. The maximum absolute atomic E-state index is 13.2. The number of aliphatic carboxylic acids is 1. The first-order chi connectivity index (χ1) is 19.0. The van der Waals surface area contributed by atoms with Crippen LogP contribution < -0.4 is 10.6 Å². The first-order valence-corrected chi connectivity index (χ1v) is 14.5. The maximum atomic E-state index is 13.2. The summed E-state index contributed by atoms with van der Waals surface area (Å²) in [7, 11) is -0.429. The number of rotatable bonds is 10. The van der Waals surface area contributed by atoms with Crippen LogP contribution in [0.4, 0.5) is 9.59 Å². The summed E-state index contributed by atoms with van der Waals surface area (Å²) in [5, 5.41) is 25.2. The van der Waals surface area contributed by atoms with E-state index < -0.39 is 77.8 Å². The van der Waals surface area contributed by atoms with Crippen molar-refractivity contribution in [2.24, 2.45) is 0 Å². The molecule has 2 unspecified atom stereocenters.